The molecule has 194 valence electrons. The predicted molar refractivity (Wildman–Crippen MR) is 120 cm³/mol. The van der Waals surface area contributed by atoms with E-state index in [9.17, 15) is 33.9 Å². The predicted octanol–water partition coefficient (Wildman–Crippen LogP) is -2.62. The quantitative estimate of drug-likeness (QED) is 0.0988. The fourth-order valence-corrected chi connectivity index (χ4v) is 2.92. The van der Waals surface area contributed by atoms with Gasteiger partial charge in [0.25, 0.3) is 0 Å². The minimum Gasteiger partial charge on any atom is -0.481 e. The molecule has 34 heavy (non-hydrogen) atoms. The van der Waals surface area contributed by atoms with Gasteiger partial charge in [-0.25, -0.2) is 4.79 Å². The van der Waals surface area contributed by atoms with E-state index in [1.807, 2.05) is 0 Å². The maximum atomic E-state index is 12.9. The molecule has 0 aliphatic heterocycles. The summed E-state index contributed by atoms with van der Waals surface area (Å²) in [4.78, 5) is 71.0. The van der Waals surface area contributed by atoms with Gasteiger partial charge in [-0.3, -0.25) is 24.0 Å². The van der Waals surface area contributed by atoms with Crippen LogP contribution in [0, 0.1) is 5.92 Å². The van der Waals surface area contributed by atoms with Crippen LogP contribution >= 0.6 is 0 Å². The van der Waals surface area contributed by atoms with Crippen LogP contribution in [-0.2, 0) is 28.8 Å². The van der Waals surface area contributed by atoms with Gasteiger partial charge >= 0.3 is 11.9 Å². The average molecular weight is 489 g/mol. The molecule has 0 aromatic carbocycles. The van der Waals surface area contributed by atoms with Gasteiger partial charge in [-0.2, -0.15) is 0 Å². The van der Waals surface area contributed by atoms with Crippen LogP contribution in [0.3, 0.4) is 0 Å². The molecule has 4 amide bonds. The number of rotatable bonds is 17. The first-order chi connectivity index (χ1) is 15.8. The summed E-state index contributed by atoms with van der Waals surface area (Å²) in [5, 5.41) is 25.3. The molecule has 0 rings (SSSR count). The van der Waals surface area contributed by atoms with Crippen LogP contribution in [0.15, 0.2) is 0 Å². The van der Waals surface area contributed by atoms with Crippen LogP contribution in [-0.4, -0.2) is 76.5 Å². The normalized spacial score (nSPS) is 14.4. The molecule has 0 saturated heterocycles. The summed E-state index contributed by atoms with van der Waals surface area (Å²) < 4.78 is 0. The van der Waals surface area contributed by atoms with Crippen molar-refractivity contribution in [1.29, 1.82) is 0 Å². The van der Waals surface area contributed by atoms with E-state index in [0.717, 1.165) is 0 Å². The van der Waals surface area contributed by atoms with Crippen molar-refractivity contribution in [3.63, 3.8) is 0 Å². The maximum absolute atomic E-state index is 12.9. The highest BCUT2D eigenvalue weighted by Crippen LogP contribution is 2.08. The van der Waals surface area contributed by atoms with Crippen molar-refractivity contribution in [3.05, 3.63) is 0 Å². The molecule has 0 bridgehead atoms. The number of amides is 4. The fourth-order valence-electron chi connectivity index (χ4n) is 2.92. The third-order valence-electron chi connectivity index (χ3n) is 4.85. The van der Waals surface area contributed by atoms with E-state index in [4.69, 9.17) is 22.3 Å². The number of carbonyl (C=O) groups is 6. The van der Waals surface area contributed by atoms with Crippen molar-refractivity contribution in [2.75, 3.05) is 6.54 Å². The molecule has 0 spiro atoms. The second-order valence-corrected chi connectivity index (χ2v) is 8.18. The van der Waals surface area contributed by atoms with Crippen LogP contribution in [0.1, 0.15) is 52.4 Å². The van der Waals surface area contributed by atoms with Crippen molar-refractivity contribution in [2.45, 2.75) is 76.5 Å². The van der Waals surface area contributed by atoms with E-state index < -0.39 is 72.1 Å². The van der Waals surface area contributed by atoms with Gasteiger partial charge < -0.3 is 43.4 Å². The minimum atomic E-state index is -1.40. The van der Waals surface area contributed by atoms with Crippen LogP contribution in [0.5, 0.6) is 0 Å². The monoisotopic (exact) mass is 488 g/mol. The largest absolute Gasteiger partial charge is 0.481 e. The number of nitrogens with two attached hydrogens (primary N) is 3. The molecular formula is C20H36N6O8. The number of carboxylic acids is 2. The summed E-state index contributed by atoms with van der Waals surface area (Å²) in [7, 11) is 0. The van der Waals surface area contributed by atoms with Crippen molar-refractivity contribution < 1.29 is 39.0 Å². The Morgan fingerprint density at radius 1 is 0.824 bits per heavy atom. The van der Waals surface area contributed by atoms with Gasteiger partial charge in [0.15, 0.2) is 0 Å². The van der Waals surface area contributed by atoms with Gasteiger partial charge in [0, 0.05) is 6.42 Å². The molecule has 4 atom stereocenters. The highest BCUT2D eigenvalue weighted by molar-refractivity contribution is 5.94. The molecular weight excluding hydrogens is 452 g/mol. The lowest BCUT2D eigenvalue weighted by atomic mass is 10.0. The van der Waals surface area contributed by atoms with Crippen molar-refractivity contribution >= 4 is 35.6 Å². The van der Waals surface area contributed by atoms with E-state index in [-0.39, 0.29) is 19.3 Å². The lowest BCUT2D eigenvalue weighted by Crippen LogP contribution is -2.58. The number of nitrogens with one attached hydrogen (secondary N) is 3. The second kappa shape index (κ2) is 15.6. The number of unbranched alkanes of at least 4 members (excludes halogenated alkanes) is 1. The molecule has 0 fully saturated rings. The summed E-state index contributed by atoms with van der Waals surface area (Å²) in [6, 6.07) is -5.07. The molecule has 0 aromatic heterocycles. The Morgan fingerprint density at radius 3 is 1.88 bits per heavy atom. The third kappa shape index (κ3) is 12.1. The smallest absolute Gasteiger partial charge is 0.326 e. The van der Waals surface area contributed by atoms with E-state index >= 15 is 0 Å². The van der Waals surface area contributed by atoms with Crippen molar-refractivity contribution in [1.82, 2.24) is 16.0 Å². The van der Waals surface area contributed by atoms with Gasteiger partial charge in [0.05, 0.1) is 12.5 Å². The lowest BCUT2D eigenvalue weighted by Gasteiger charge is -2.27. The number of primary amides is 1. The summed E-state index contributed by atoms with van der Waals surface area (Å²) in [6.45, 7) is 3.59. The van der Waals surface area contributed by atoms with Crippen molar-refractivity contribution in [2.24, 2.45) is 23.1 Å². The molecule has 0 aliphatic rings. The van der Waals surface area contributed by atoms with Gasteiger partial charge in [-0.15, -0.1) is 0 Å². The Morgan fingerprint density at radius 2 is 1.41 bits per heavy atom. The standard InChI is InChI=1S/C20H36N6O8/c1-10(2)16(26-17(30)11(22)9-15(28)29)19(32)24-12(5-3-4-8-21)18(31)25-13(20(33)34)6-7-14(23)27/h10-13,16H,3-9,21-22H2,1-2H3,(H2,23,27)(H,24,32)(H,25,31)(H,26,30)(H,28,29)(H,33,34). The molecule has 11 N–H and O–H groups in total. The van der Waals surface area contributed by atoms with Gasteiger partial charge in [0.1, 0.15) is 18.1 Å². The molecule has 0 aliphatic carbocycles. The molecule has 14 nitrogen and oxygen atoms in total. The number of carboxylic acid groups (broad SMARTS) is 2. The lowest BCUT2D eigenvalue weighted by molar-refractivity contribution is -0.142. The number of hydrogen-bond donors (Lipinski definition) is 8. The first kappa shape index (κ1) is 30.7. The van der Waals surface area contributed by atoms with Gasteiger partial charge in [-0.05, 0) is 38.1 Å². The van der Waals surface area contributed by atoms with Crippen LogP contribution < -0.4 is 33.2 Å². The molecule has 14 heteroatoms. The van der Waals surface area contributed by atoms with E-state index in [1.54, 1.807) is 13.8 Å². The van der Waals surface area contributed by atoms with Gasteiger partial charge in [0.2, 0.25) is 23.6 Å². The summed E-state index contributed by atoms with van der Waals surface area (Å²) in [5.74, 6) is -6.21. The molecule has 4 unspecified atom stereocenters. The summed E-state index contributed by atoms with van der Waals surface area (Å²) in [6.07, 6.45) is -0.0157. The zero-order valence-electron chi connectivity index (χ0n) is 19.4. The maximum Gasteiger partial charge on any atom is 0.326 e. The topological polar surface area (TPSA) is 257 Å². The fraction of sp³-hybridized carbons (Fsp3) is 0.700. The number of hydrogen-bond acceptors (Lipinski definition) is 8. The molecule has 0 heterocycles. The van der Waals surface area contributed by atoms with Crippen LogP contribution in [0.25, 0.3) is 0 Å². The third-order valence-corrected chi connectivity index (χ3v) is 4.85. The Hall–Kier alpha value is -3.26. The molecule has 0 saturated carbocycles. The van der Waals surface area contributed by atoms with Crippen LogP contribution in [0.4, 0.5) is 0 Å². The highest BCUT2D eigenvalue weighted by atomic mass is 16.4. The molecule has 0 aromatic rings. The van der Waals surface area contributed by atoms with Gasteiger partial charge in [-0.1, -0.05) is 13.8 Å². The summed E-state index contributed by atoms with van der Waals surface area (Å²) in [5.41, 5.74) is 16.1. The first-order valence-electron chi connectivity index (χ1n) is 10.9. The average Bonchev–Trinajstić information content (AvgIpc) is 2.72. The second-order valence-electron chi connectivity index (χ2n) is 8.18. The van der Waals surface area contributed by atoms with Crippen LogP contribution in [0.2, 0.25) is 0 Å². The van der Waals surface area contributed by atoms with Crippen molar-refractivity contribution in [3.8, 4) is 0 Å². The molecule has 0 radical (unpaired) electrons. The Kier molecular flexibility index (Phi) is 14.1. The van der Waals surface area contributed by atoms with E-state index in [1.165, 1.54) is 0 Å². The Bertz CT molecular complexity index is 745. The van der Waals surface area contributed by atoms with E-state index in [0.29, 0.717) is 19.4 Å². The SMILES string of the molecule is CC(C)C(NC(=O)C(N)CC(=O)O)C(=O)NC(CCCCN)C(=O)NC(CCC(N)=O)C(=O)O. The Labute approximate surface area is 197 Å². The summed E-state index contributed by atoms with van der Waals surface area (Å²) >= 11 is 0. The zero-order chi connectivity index (χ0) is 26.4. The zero-order valence-corrected chi connectivity index (χ0v) is 19.4. The number of aliphatic carboxylic acids is 2. The number of carbonyl (C=O) groups excluding carboxylic acids is 4. The highest BCUT2D eigenvalue weighted by Gasteiger charge is 2.31. The van der Waals surface area contributed by atoms with E-state index in [2.05, 4.69) is 16.0 Å². The minimum absolute atomic E-state index is 0.133. The Balaban J connectivity index is 5.46. The first-order valence-corrected chi connectivity index (χ1v) is 10.9.